The number of hydrogen-bond acceptors (Lipinski definition) is 5. The molecule has 1 aliphatic heterocycles. The van der Waals surface area contributed by atoms with Crippen molar-refractivity contribution in [3.8, 4) is 11.3 Å². The monoisotopic (exact) mass is 358 g/mol. The highest BCUT2D eigenvalue weighted by molar-refractivity contribution is 5.61. The van der Waals surface area contributed by atoms with Gasteiger partial charge >= 0.3 is 0 Å². The normalized spacial score (nSPS) is 31.1. The molecular weight excluding hydrogens is 332 g/mol. The van der Waals surface area contributed by atoms with Gasteiger partial charge in [0.05, 0.1) is 24.0 Å². The number of methoxy groups -OCH3 is 2. The summed E-state index contributed by atoms with van der Waals surface area (Å²) >= 11 is 0. The quantitative estimate of drug-likeness (QED) is 0.890. The molecule has 2 aromatic rings. The lowest BCUT2D eigenvalue weighted by molar-refractivity contribution is -0.265. The Morgan fingerprint density at radius 2 is 1.96 bits per heavy atom. The molecule has 5 atom stereocenters. The number of H-pyrrole nitrogens is 1. The standard InChI is InChI=1S/C20H26N2O4/c1-12-20(24-3)18(23-2)11-19(25-12)26-16-9-13-4-5-14(8-15(13)10-16)17-6-7-21-22-17/h4-8,12,16,18-20H,9-11H2,1-3H3,(H,21,22). The van der Waals surface area contributed by atoms with E-state index in [-0.39, 0.29) is 30.7 Å². The van der Waals surface area contributed by atoms with Crippen LogP contribution in [0.5, 0.6) is 0 Å². The number of rotatable bonds is 5. The van der Waals surface area contributed by atoms with Crippen molar-refractivity contribution in [3.05, 3.63) is 41.6 Å². The number of nitrogens with zero attached hydrogens (tertiary/aromatic N) is 1. The summed E-state index contributed by atoms with van der Waals surface area (Å²) in [6.07, 6.45) is 4.03. The van der Waals surface area contributed by atoms with Crippen molar-refractivity contribution in [1.82, 2.24) is 10.2 Å². The first-order valence-corrected chi connectivity index (χ1v) is 9.16. The summed E-state index contributed by atoms with van der Waals surface area (Å²) in [6.45, 7) is 2.01. The summed E-state index contributed by atoms with van der Waals surface area (Å²) in [4.78, 5) is 0. The molecule has 2 heterocycles. The molecule has 26 heavy (non-hydrogen) atoms. The lowest BCUT2D eigenvalue weighted by atomic mass is 10.0. The summed E-state index contributed by atoms with van der Waals surface area (Å²) in [7, 11) is 3.41. The average molecular weight is 358 g/mol. The Labute approximate surface area is 153 Å². The third-order valence-electron chi connectivity index (χ3n) is 5.45. The third-order valence-corrected chi connectivity index (χ3v) is 5.45. The molecule has 1 fully saturated rings. The highest BCUT2D eigenvalue weighted by Crippen LogP contribution is 2.32. The van der Waals surface area contributed by atoms with E-state index in [4.69, 9.17) is 18.9 Å². The number of ether oxygens (including phenoxy) is 4. The fraction of sp³-hybridized carbons (Fsp3) is 0.550. The van der Waals surface area contributed by atoms with Gasteiger partial charge in [-0.3, -0.25) is 5.10 Å². The molecule has 1 aromatic carbocycles. The van der Waals surface area contributed by atoms with Gasteiger partial charge in [0, 0.05) is 26.8 Å². The minimum absolute atomic E-state index is 0.00971. The zero-order valence-electron chi connectivity index (χ0n) is 15.5. The second-order valence-electron chi connectivity index (χ2n) is 7.10. The zero-order chi connectivity index (χ0) is 18.1. The van der Waals surface area contributed by atoms with Crippen LogP contribution in [0.15, 0.2) is 30.5 Å². The predicted octanol–water partition coefficient (Wildman–Crippen LogP) is 2.73. The van der Waals surface area contributed by atoms with Gasteiger partial charge in [-0.15, -0.1) is 0 Å². The Balaban J connectivity index is 1.41. The average Bonchev–Trinajstić information content (AvgIpc) is 3.29. The number of fused-ring (bicyclic) bond motifs is 1. The van der Waals surface area contributed by atoms with Crippen LogP contribution in [0, 0.1) is 0 Å². The largest absolute Gasteiger partial charge is 0.378 e. The number of hydrogen-bond donors (Lipinski definition) is 1. The molecule has 140 valence electrons. The summed E-state index contributed by atoms with van der Waals surface area (Å²) in [6, 6.07) is 8.55. The molecule has 2 aliphatic rings. The Morgan fingerprint density at radius 1 is 1.12 bits per heavy atom. The topological polar surface area (TPSA) is 65.6 Å². The van der Waals surface area contributed by atoms with Crippen LogP contribution in [-0.4, -0.2) is 55.1 Å². The first-order valence-electron chi connectivity index (χ1n) is 9.16. The van der Waals surface area contributed by atoms with E-state index in [1.807, 2.05) is 13.0 Å². The van der Waals surface area contributed by atoms with E-state index in [9.17, 15) is 0 Å². The first kappa shape index (κ1) is 17.7. The Kier molecular flexibility index (Phi) is 5.09. The zero-order valence-corrected chi connectivity index (χ0v) is 15.5. The van der Waals surface area contributed by atoms with Crippen molar-refractivity contribution in [1.29, 1.82) is 0 Å². The van der Waals surface area contributed by atoms with Crippen molar-refractivity contribution >= 4 is 0 Å². The molecule has 1 aliphatic carbocycles. The van der Waals surface area contributed by atoms with E-state index in [1.54, 1.807) is 20.4 Å². The summed E-state index contributed by atoms with van der Waals surface area (Å²) in [5.74, 6) is 0. The van der Waals surface area contributed by atoms with E-state index in [2.05, 4.69) is 28.4 Å². The van der Waals surface area contributed by atoms with E-state index < -0.39 is 0 Å². The summed E-state index contributed by atoms with van der Waals surface area (Å²) in [5, 5.41) is 7.05. The smallest absolute Gasteiger partial charge is 0.161 e. The maximum absolute atomic E-state index is 6.28. The van der Waals surface area contributed by atoms with Crippen LogP contribution < -0.4 is 0 Å². The molecule has 1 saturated heterocycles. The van der Waals surface area contributed by atoms with Crippen LogP contribution in [0.4, 0.5) is 0 Å². The summed E-state index contributed by atoms with van der Waals surface area (Å²) < 4.78 is 23.4. The van der Waals surface area contributed by atoms with Crippen LogP contribution in [0.2, 0.25) is 0 Å². The van der Waals surface area contributed by atoms with Gasteiger partial charge < -0.3 is 18.9 Å². The van der Waals surface area contributed by atoms with E-state index in [0.717, 1.165) is 24.1 Å². The number of nitrogens with one attached hydrogen (secondary N) is 1. The Hall–Kier alpha value is -1.73. The fourth-order valence-corrected chi connectivity index (χ4v) is 4.13. The molecule has 0 saturated carbocycles. The van der Waals surface area contributed by atoms with Crippen molar-refractivity contribution in [2.24, 2.45) is 0 Å². The minimum Gasteiger partial charge on any atom is -0.378 e. The van der Waals surface area contributed by atoms with Crippen LogP contribution >= 0.6 is 0 Å². The van der Waals surface area contributed by atoms with Crippen molar-refractivity contribution in [3.63, 3.8) is 0 Å². The van der Waals surface area contributed by atoms with Gasteiger partial charge in [0.25, 0.3) is 0 Å². The van der Waals surface area contributed by atoms with Gasteiger partial charge in [-0.1, -0.05) is 12.1 Å². The van der Waals surface area contributed by atoms with Gasteiger partial charge in [0.15, 0.2) is 6.29 Å². The molecule has 6 nitrogen and oxygen atoms in total. The Bertz CT molecular complexity index is 733. The second-order valence-corrected chi connectivity index (χ2v) is 7.10. The van der Waals surface area contributed by atoms with Gasteiger partial charge in [-0.25, -0.2) is 0 Å². The third kappa shape index (κ3) is 3.42. The molecule has 0 bridgehead atoms. The van der Waals surface area contributed by atoms with Crippen molar-refractivity contribution < 1.29 is 18.9 Å². The molecule has 0 amide bonds. The maximum atomic E-state index is 6.28. The van der Waals surface area contributed by atoms with Gasteiger partial charge in [-0.2, -0.15) is 5.10 Å². The van der Waals surface area contributed by atoms with Gasteiger partial charge in [-0.05, 0) is 48.6 Å². The van der Waals surface area contributed by atoms with Crippen LogP contribution in [-0.2, 0) is 31.8 Å². The van der Waals surface area contributed by atoms with Gasteiger partial charge in [0.2, 0.25) is 0 Å². The SMILES string of the molecule is COC1CC(OC2Cc3ccc(-c4ccn[nH]4)cc3C2)OC(C)C1OC. The summed E-state index contributed by atoms with van der Waals surface area (Å²) in [5.41, 5.74) is 4.88. The van der Waals surface area contributed by atoms with Crippen LogP contribution in [0.1, 0.15) is 24.5 Å². The number of aromatic nitrogens is 2. The number of benzene rings is 1. The highest BCUT2D eigenvalue weighted by atomic mass is 16.7. The van der Waals surface area contributed by atoms with E-state index in [1.165, 1.54) is 11.1 Å². The second kappa shape index (κ2) is 7.48. The lowest BCUT2D eigenvalue weighted by Gasteiger charge is -2.39. The molecule has 6 heteroatoms. The Morgan fingerprint density at radius 3 is 2.69 bits per heavy atom. The van der Waals surface area contributed by atoms with Crippen molar-refractivity contribution in [2.75, 3.05) is 14.2 Å². The molecule has 4 rings (SSSR count). The molecule has 0 radical (unpaired) electrons. The van der Waals surface area contributed by atoms with E-state index in [0.29, 0.717) is 6.42 Å². The minimum atomic E-state index is -0.257. The van der Waals surface area contributed by atoms with Crippen molar-refractivity contribution in [2.45, 2.75) is 56.9 Å². The number of aromatic amines is 1. The maximum Gasteiger partial charge on any atom is 0.161 e. The van der Waals surface area contributed by atoms with Crippen LogP contribution in [0.25, 0.3) is 11.3 Å². The fourth-order valence-electron chi connectivity index (χ4n) is 4.13. The van der Waals surface area contributed by atoms with Crippen LogP contribution in [0.3, 0.4) is 0 Å². The molecule has 1 aromatic heterocycles. The molecule has 5 unspecified atom stereocenters. The van der Waals surface area contributed by atoms with E-state index >= 15 is 0 Å². The van der Waals surface area contributed by atoms with Gasteiger partial charge in [0.1, 0.15) is 6.10 Å². The lowest BCUT2D eigenvalue weighted by Crippen LogP contribution is -2.50. The highest BCUT2D eigenvalue weighted by Gasteiger charge is 2.39. The molecular formula is C20H26N2O4. The molecule has 0 spiro atoms. The first-order chi connectivity index (χ1) is 12.7. The predicted molar refractivity (Wildman–Crippen MR) is 96.9 cm³/mol. The molecule has 1 N–H and O–H groups in total.